The Hall–Kier alpha value is -2.89. The van der Waals surface area contributed by atoms with Gasteiger partial charge in [-0.1, -0.05) is 24.3 Å². The maximum atomic E-state index is 12.6. The third-order valence-corrected chi connectivity index (χ3v) is 4.34. The van der Waals surface area contributed by atoms with Crippen LogP contribution >= 0.6 is 0 Å². The minimum atomic E-state index is -0.230. The molecule has 0 bridgehead atoms. The summed E-state index contributed by atoms with van der Waals surface area (Å²) in [6.07, 6.45) is 2.59. The number of fused-ring (bicyclic) bond motifs is 2. The first kappa shape index (κ1) is 14.7. The van der Waals surface area contributed by atoms with Gasteiger partial charge in [0.1, 0.15) is 12.4 Å². The Morgan fingerprint density at radius 1 is 1.25 bits per heavy atom. The lowest BCUT2D eigenvalue weighted by atomic mass is 9.96. The lowest BCUT2D eigenvalue weighted by Gasteiger charge is -2.25. The summed E-state index contributed by atoms with van der Waals surface area (Å²) in [6.45, 7) is 2.31. The van der Waals surface area contributed by atoms with Crippen LogP contribution < -0.4 is 10.1 Å². The molecule has 2 atom stereocenters. The second kappa shape index (κ2) is 5.96. The molecule has 6 heteroatoms. The molecule has 0 spiro atoms. The van der Waals surface area contributed by atoms with E-state index in [1.54, 1.807) is 0 Å². The molecule has 3 heterocycles. The number of nitrogens with one attached hydrogen (secondary N) is 1. The number of nitrogens with zero attached hydrogens (tertiary/aromatic N) is 3. The Bertz CT molecular complexity index is 889. The maximum absolute atomic E-state index is 12.6. The molecule has 0 saturated carbocycles. The van der Waals surface area contributed by atoms with Gasteiger partial charge in [0.05, 0.1) is 12.0 Å². The van der Waals surface area contributed by atoms with E-state index in [-0.39, 0.29) is 17.9 Å². The third-order valence-electron chi connectivity index (χ3n) is 4.34. The standard InChI is InChI=1S/C18H18N4O2/c1-12(17-21-20-16-8-4-5-9-22(16)17)19-18(23)14-10-13-6-2-3-7-15(13)24-11-14/h2-9,12,14H,10-11H2,1H3,(H,19,23)/t12-,14-/m1/s1. The number of amides is 1. The van der Waals surface area contributed by atoms with Gasteiger partial charge in [-0.25, -0.2) is 0 Å². The number of ether oxygens (including phenoxy) is 1. The monoisotopic (exact) mass is 322 g/mol. The number of rotatable bonds is 3. The van der Waals surface area contributed by atoms with Gasteiger partial charge in [-0.15, -0.1) is 10.2 Å². The van der Waals surface area contributed by atoms with E-state index < -0.39 is 0 Å². The van der Waals surface area contributed by atoms with Crippen molar-refractivity contribution in [2.45, 2.75) is 19.4 Å². The van der Waals surface area contributed by atoms with E-state index in [2.05, 4.69) is 15.5 Å². The van der Waals surface area contributed by atoms with Crippen molar-refractivity contribution in [1.29, 1.82) is 0 Å². The van der Waals surface area contributed by atoms with Gasteiger partial charge in [-0.2, -0.15) is 0 Å². The minimum Gasteiger partial charge on any atom is -0.492 e. The number of carbonyl (C=O) groups is 1. The highest BCUT2D eigenvalue weighted by Gasteiger charge is 2.27. The summed E-state index contributed by atoms with van der Waals surface area (Å²) in [6, 6.07) is 13.3. The molecule has 0 radical (unpaired) electrons. The molecule has 0 fully saturated rings. The van der Waals surface area contributed by atoms with Crippen molar-refractivity contribution in [1.82, 2.24) is 19.9 Å². The molecule has 1 amide bonds. The van der Waals surface area contributed by atoms with Gasteiger partial charge < -0.3 is 10.1 Å². The van der Waals surface area contributed by atoms with E-state index >= 15 is 0 Å². The quantitative estimate of drug-likeness (QED) is 0.802. The Labute approximate surface area is 139 Å². The summed E-state index contributed by atoms with van der Waals surface area (Å²) >= 11 is 0. The highest BCUT2D eigenvalue weighted by atomic mass is 16.5. The zero-order chi connectivity index (χ0) is 16.5. The van der Waals surface area contributed by atoms with E-state index in [1.807, 2.05) is 60.0 Å². The van der Waals surface area contributed by atoms with Gasteiger partial charge in [0.2, 0.25) is 5.91 Å². The molecule has 6 nitrogen and oxygen atoms in total. The first-order valence-corrected chi connectivity index (χ1v) is 8.03. The van der Waals surface area contributed by atoms with Gasteiger partial charge in [0, 0.05) is 6.20 Å². The Morgan fingerprint density at radius 3 is 3.00 bits per heavy atom. The van der Waals surface area contributed by atoms with Crippen LogP contribution in [0.2, 0.25) is 0 Å². The molecule has 4 rings (SSSR count). The van der Waals surface area contributed by atoms with Crippen molar-refractivity contribution in [2.24, 2.45) is 5.92 Å². The van der Waals surface area contributed by atoms with Gasteiger partial charge in [0.15, 0.2) is 11.5 Å². The molecule has 0 saturated heterocycles. The molecular weight excluding hydrogens is 304 g/mol. The summed E-state index contributed by atoms with van der Waals surface area (Å²) < 4.78 is 7.59. The smallest absolute Gasteiger partial charge is 0.227 e. The highest BCUT2D eigenvalue weighted by Crippen LogP contribution is 2.27. The summed E-state index contributed by atoms with van der Waals surface area (Å²) in [7, 11) is 0. The Morgan fingerprint density at radius 2 is 2.08 bits per heavy atom. The molecular formula is C18H18N4O2. The number of benzene rings is 1. The topological polar surface area (TPSA) is 68.5 Å². The van der Waals surface area contributed by atoms with E-state index in [0.29, 0.717) is 13.0 Å². The van der Waals surface area contributed by atoms with Gasteiger partial charge >= 0.3 is 0 Å². The van der Waals surface area contributed by atoms with E-state index in [0.717, 1.165) is 22.8 Å². The molecule has 2 aromatic heterocycles. The van der Waals surface area contributed by atoms with Crippen LogP contribution in [-0.2, 0) is 11.2 Å². The summed E-state index contributed by atoms with van der Waals surface area (Å²) in [5.74, 6) is 1.38. The fourth-order valence-corrected chi connectivity index (χ4v) is 3.05. The second-order valence-electron chi connectivity index (χ2n) is 6.04. The maximum Gasteiger partial charge on any atom is 0.227 e. The average molecular weight is 322 g/mol. The number of carbonyl (C=O) groups excluding carboxylic acids is 1. The molecule has 1 aliphatic rings. The molecule has 0 unspecified atom stereocenters. The first-order chi connectivity index (χ1) is 11.7. The van der Waals surface area contributed by atoms with Gasteiger partial charge in [-0.3, -0.25) is 9.20 Å². The minimum absolute atomic E-state index is 0.0234. The zero-order valence-electron chi connectivity index (χ0n) is 13.3. The number of hydrogen-bond acceptors (Lipinski definition) is 4. The molecule has 122 valence electrons. The van der Waals surface area contributed by atoms with Crippen LogP contribution in [0, 0.1) is 5.92 Å². The van der Waals surface area contributed by atoms with E-state index in [9.17, 15) is 4.79 Å². The average Bonchev–Trinajstić information content (AvgIpc) is 3.05. The molecule has 1 aromatic carbocycles. The fourth-order valence-electron chi connectivity index (χ4n) is 3.05. The van der Waals surface area contributed by atoms with Crippen molar-refractivity contribution in [3.8, 4) is 5.75 Å². The van der Waals surface area contributed by atoms with Crippen molar-refractivity contribution >= 4 is 11.6 Å². The first-order valence-electron chi connectivity index (χ1n) is 8.03. The molecule has 1 aliphatic heterocycles. The number of hydrogen-bond donors (Lipinski definition) is 1. The van der Waals surface area contributed by atoms with Crippen LogP contribution in [0.1, 0.15) is 24.4 Å². The molecule has 0 aliphatic carbocycles. The third kappa shape index (κ3) is 2.60. The number of para-hydroxylation sites is 1. The summed E-state index contributed by atoms with van der Waals surface area (Å²) in [5.41, 5.74) is 1.84. The number of pyridine rings is 1. The molecule has 3 aromatic rings. The SMILES string of the molecule is C[C@@H](NC(=O)[C@H]1COc2ccccc2C1)c1nnc2ccccn12. The lowest BCUT2D eigenvalue weighted by molar-refractivity contribution is -0.127. The normalized spacial score (nSPS) is 17.8. The van der Waals surface area contributed by atoms with Crippen LogP contribution in [0.15, 0.2) is 48.7 Å². The van der Waals surface area contributed by atoms with Crippen LogP contribution in [0.5, 0.6) is 5.75 Å². The van der Waals surface area contributed by atoms with Crippen LogP contribution in [0.3, 0.4) is 0 Å². The summed E-state index contributed by atoms with van der Waals surface area (Å²) in [4.78, 5) is 12.6. The summed E-state index contributed by atoms with van der Waals surface area (Å²) in [5, 5.41) is 11.4. The Kier molecular flexibility index (Phi) is 3.65. The Balaban J connectivity index is 1.48. The van der Waals surface area contributed by atoms with Crippen molar-refractivity contribution < 1.29 is 9.53 Å². The second-order valence-corrected chi connectivity index (χ2v) is 6.04. The van der Waals surface area contributed by atoms with Gasteiger partial charge in [0.25, 0.3) is 0 Å². The van der Waals surface area contributed by atoms with E-state index in [4.69, 9.17) is 4.74 Å². The molecule has 1 N–H and O–H groups in total. The zero-order valence-corrected chi connectivity index (χ0v) is 13.3. The lowest BCUT2D eigenvalue weighted by Crippen LogP contribution is -2.39. The van der Waals surface area contributed by atoms with Gasteiger partial charge in [-0.05, 0) is 37.1 Å². The number of aromatic nitrogens is 3. The predicted octanol–water partition coefficient (Wildman–Crippen LogP) is 2.16. The molecule has 24 heavy (non-hydrogen) atoms. The predicted molar refractivity (Wildman–Crippen MR) is 88.7 cm³/mol. The van der Waals surface area contributed by atoms with Crippen LogP contribution in [-0.4, -0.2) is 27.1 Å². The van der Waals surface area contributed by atoms with Crippen LogP contribution in [0.25, 0.3) is 5.65 Å². The van der Waals surface area contributed by atoms with Crippen LogP contribution in [0.4, 0.5) is 0 Å². The largest absolute Gasteiger partial charge is 0.492 e. The highest BCUT2D eigenvalue weighted by molar-refractivity contribution is 5.80. The van der Waals surface area contributed by atoms with Crippen molar-refractivity contribution in [2.75, 3.05) is 6.61 Å². The fraction of sp³-hybridized carbons (Fsp3) is 0.278. The van der Waals surface area contributed by atoms with Crippen molar-refractivity contribution in [3.63, 3.8) is 0 Å². The van der Waals surface area contributed by atoms with E-state index in [1.165, 1.54) is 0 Å². The van der Waals surface area contributed by atoms with Crippen molar-refractivity contribution in [3.05, 3.63) is 60.0 Å².